The lowest BCUT2D eigenvalue weighted by atomic mass is 10.3. The summed E-state index contributed by atoms with van der Waals surface area (Å²) < 4.78 is 5.46. The van der Waals surface area contributed by atoms with Gasteiger partial charge in [0.05, 0.1) is 5.02 Å². The molecule has 0 saturated heterocycles. The number of nitrogens with one attached hydrogen (secondary N) is 1. The molecule has 1 atom stereocenters. The second-order valence-electron chi connectivity index (χ2n) is 3.57. The molecule has 0 aliphatic heterocycles. The molecule has 1 amide bonds. The number of ether oxygens (including phenoxy) is 1. The molecule has 1 aromatic carbocycles. The van der Waals surface area contributed by atoms with Crippen molar-refractivity contribution in [3.8, 4) is 5.75 Å². The average molecular weight is 318 g/mol. The number of benzene rings is 1. The van der Waals surface area contributed by atoms with Gasteiger partial charge in [0.15, 0.2) is 6.10 Å². The summed E-state index contributed by atoms with van der Waals surface area (Å²) in [6.45, 7) is 1.61. The molecule has 0 unspecified atom stereocenters. The highest BCUT2D eigenvalue weighted by Crippen LogP contribution is 2.28. The number of amides is 1. The molecule has 0 bridgehead atoms. The maximum Gasteiger partial charge on any atom is 0.266 e. The number of halogens is 2. The Labute approximate surface area is 123 Å². The molecule has 0 radical (unpaired) electrons. The number of hydrogen-bond donors (Lipinski definition) is 1. The van der Waals surface area contributed by atoms with E-state index in [0.717, 1.165) is 0 Å². The summed E-state index contributed by atoms with van der Waals surface area (Å²) in [6, 6.07) is 4.80. The molecule has 0 fully saturated rings. The van der Waals surface area contributed by atoms with E-state index < -0.39 is 6.10 Å². The highest BCUT2D eigenvalue weighted by Gasteiger charge is 2.17. The van der Waals surface area contributed by atoms with Crippen LogP contribution in [0, 0.1) is 0 Å². The maximum absolute atomic E-state index is 11.8. The van der Waals surface area contributed by atoms with Crippen LogP contribution >= 0.6 is 34.5 Å². The topological polar surface area (TPSA) is 64.1 Å². The van der Waals surface area contributed by atoms with E-state index in [-0.39, 0.29) is 5.91 Å². The summed E-state index contributed by atoms with van der Waals surface area (Å²) >= 11 is 13.0. The minimum absolute atomic E-state index is 0.331. The van der Waals surface area contributed by atoms with Gasteiger partial charge in [-0.2, -0.15) is 0 Å². The lowest BCUT2D eigenvalue weighted by molar-refractivity contribution is -0.122. The van der Waals surface area contributed by atoms with Crippen LogP contribution in [0.5, 0.6) is 5.75 Å². The number of rotatable bonds is 4. The van der Waals surface area contributed by atoms with Crippen LogP contribution in [-0.4, -0.2) is 22.2 Å². The molecule has 2 rings (SSSR count). The van der Waals surface area contributed by atoms with Gasteiger partial charge in [-0.1, -0.05) is 34.5 Å². The highest BCUT2D eigenvalue weighted by molar-refractivity contribution is 7.13. The van der Waals surface area contributed by atoms with Crippen molar-refractivity contribution in [2.75, 3.05) is 5.32 Å². The number of nitrogens with zero attached hydrogens (tertiary/aromatic N) is 2. The van der Waals surface area contributed by atoms with E-state index >= 15 is 0 Å². The fraction of sp³-hybridized carbons (Fsp3) is 0.182. The predicted molar refractivity (Wildman–Crippen MR) is 75.1 cm³/mol. The van der Waals surface area contributed by atoms with Crippen molar-refractivity contribution in [1.82, 2.24) is 10.2 Å². The highest BCUT2D eigenvalue weighted by atomic mass is 35.5. The number of hydrogen-bond acceptors (Lipinski definition) is 5. The van der Waals surface area contributed by atoms with E-state index in [0.29, 0.717) is 20.9 Å². The largest absolute Gasteiger partial charge is 0.479 e. The molecule has 0 aliphatic carbocycles. The van der Waals surface area contributed by atoms with Crippen LogP contribution in [0.2, 0.25) is 10.0 Å². The Morgan fingerprint density at radius 2 is 2.26 bits per heavy atom. The Balaban J connectivity index is 2.00. The van der Waals surface area contributed by atoms with Crippen LogP contribution in [0.4, 0.5) is 5.13 Å². The number of carbonyl (C=O) groups excluding carboxylic acids is 1. The van der Waals surface area contributed by atoms with Gasteiger partial charge in [0.25, 0.3) is 5.91 Å². The zero-order valence-corrected chi connectivity index (χ0v) is 12.1. The van der Waals surface area contributed by atoms with Crippen LogP contribution in [0.15, 0.2) is 23.7 Å². The van der Waals surface area contributed by atoms with Gasteiger partial charge in [0.1, 0.15) is 11.3 Å². The molecule has 2 aromatic rings. The molecule has 8 heteroatoms. The molecule has 0 spiro atoms. The van der Waals surface area contributed by atoms with E-state index in [1.807, 2.05) is 0 Å². The molecular formula is C11H9Cl2N3O2S. The second kappa shape index (κ2) is 6.18. The summed E-state index contributed by atoms with van der Waals surface area (Å²) in [5, 5.41) is 11.2. The SMILES string of the molecule is C[C@@H](Oc1ccc(Cl)cc1Cl)C(=O)Nc1nncs1. The Morgan fingerprint density at radius 1 is 1.47 bits per heavy atom. The third kappa shape index (κ3) is 3.79. The molecule has 100 valence electrons. The van der Waals surface area contributed by atoms with Crippen molar-refractivity contribution in [2.24, 2.45) is 0 Å². The van der Waals surface area contributed by atoms with Crippen molar-refractivity contribution in [2.45, 2.75) is 13.0 Å². The molecule has 19 heavy (non-hydrogen) atoms. The Bertz CT molecular complexity index is 577. The fourth-order valence-electron chi connectivity index (χ4n) is 1.25. The molecule has 5 nitrogen and oxygen atoms in total. The van der Waals surface area contributed by atoms with Crippen molar-refractivity contribution in [1.29, 1.82) is 0 Å². The normalized spacial score (nSPS) is 11.9. The molecule has 1 N–H and O–H groups in total. The third-order valence-electron chi connectivity index (χ3n) is 2.16. The quantitative estimate of drug-likeness (QED) is 0.940. The van der Waals surface area contributed by atoms with Crippen LogP contribution < -0.4 is 10.1 Å². The fourth-order valence-corrected chi connectivity index (χ4v) is 2.15. The van der Waals surface area contributed by atoms with Gasteiger partial charge in [-0.25, -0.2) is 0 Å². The van der Waals surface area contributed by atoms with Crippen molar-refractivity contribution in [3.63, 3.8) is 0 Å². The zero-order chi connectivity index (χ0) is 13.8. The van der Waals surface area contributed by atoms with Gasteiger partial charge in [-0.3, -0.25) is 10.1 Å². The number of anilines is 1. The van der Waals surface area contributed by atoms with E-state index in [2.05, 4.69) is 15.5 Å². The Hall–Kier alpha value is -1.37. The van der Waals surface area contributed by atoms with Gasteiger partial charge in [-0.05, 0) is 25.1 Å². The van der Waals surface area contributed by atoms with E-state index in [1.165, 1.54) is 16.8 Å². The minimum atomic E-state index is -0.720. The van der Waals surface area contributed by atoms with Gasteiger partial charge >= 0.3 is 0 Å². The van der Waals surface area contributed by atoms with Gasteiger partial charge in [0, 0.05) is 5.02 Å². The Kier molecular flexibility index (Phi) is 4.57. The zero-order valence-electron chi connectivity index (χ0n) is 9.76. The smallest absolute Gasteiger partial charge is 0.266 e. The second-order valence-corrected chi connectivity index (χ2v) is 5.24. The lowest BCUT2D eigenvalue weighted by Crippen LogP contribution is -2.30. The van der Waals surface area contributed by atoms with Gasteiger partial charge in [0.2, 0.25) is 5.13 Å². The minimum Gasteiger partial charge on any atom is -0.479 e. The number of aromatic nitrogens is 2. The molecule has 0 saturated carbocycles. The first-order valence-corrected chi connectivity index (χ1v) is 6.88. The predicted octanol–water partition coefficient (Wildman–Crippen LogP) is 3.25. The standard InChI is InChI=1S/C11H9Cl2N3O2S/c1-6(10(17)15-11-16-14-5-19-11)18-9-3-2-7(12)4-8(9)13/h2-6H,1H3,(H,15,16,17)/t6-/m1/s1. The van der Waals surface area contributed by atoms with Crippen molar-refractivity contribution >= 4 is 45.6 Å². The molecule has 0 aliphatic rings. The summed E-state index contributed by atoms with van der Waals surface area (Å²) in [5.41, 5.74) is 1.53. The maximum atomic E-state index is 11.8. The Morgan fingerprint density at radius 3 is 2.89 bits per heavy atom. The first-order valence-electron chi connectivity index (χ1n) is 5.25. The first-order chi connectivity index (χ1) is 9.06. The summed E-state index contributed by atoms with van der Waals surface area (Å²) in [5.74, 6) is 0.0637. The lowest BCUT2D eigenvalue weighted by Gasteiger charge is -2.14. The van der Waals surface area contributed by atoms with Crippen molar-refractivity contribution in [3.05, 3.63) is 33.8 Å². The van der Waals surface area contributed by atoms with Crippen LogP contribution in [0.25, 0.3) is 0 Å². The molecule has 1 aromatic heterocycles. The summed E-state index contributed by atoms with van der Waals surface area (Å²) in [6.07, 6.45) is -0.720. The first kappa shape index (κ1) is 14.0. The monoisotopic (exact) mass is 317 g/mol. The van der Waals surface area contributed by atoms with Gasteiger partial charge < -0.3 is 4.74 Å². The van der Waals surface area contributed by atoms with Crippen LogP contribution in [0.1, 0.15) is 6.92 Å². The molecular weight excluding hydrogens is 309 g/mol. The van der Waals surface area contributed by atoms with Crippen LogP contribution in [0.3, 0.4) is 0 Å². The third-order valence-corrected chi connectivity index (χ3v) is 3.29. The number of carbonyl (C=O) groups is 1. The average Bonchev–Trinajstić information content (AvgIpc) is 2.85. The van der Waals surface area contributed by atoms with E-state index in [1.54, 1.807) is 25.1 Å². The van der Waals surface area contributed by atoms with E-state index in [9.17, 15) is 4.79 Å². The molecule has 1 heterocycles. The summed E-state index contributed by atoms with van der Waals surface area (Å²) in [4.78, 5) is 11.8. The summed E-state index contributed by atoms with van der Waals surface area (Å²) in [7, 11) is 0. The van der Waals surface area contributed by atoms with Gasteiger partial charge in [-0.15, -0.1) is 10.2 Å². The van der Waals surface area contributed by atoms with Crippen molar-refractivity contribution < 1.29 is 9.53 Å². The van der Waals surface area contributed by atoms with Crippen LogP contribution in [-0.2, 0) is 4.79 Å². The van der Waals surface area contributed by atoms with E-state index in [4.69, 9.17) is 27.9 Å².